The Labute approximate surface area is 109 Å². The number of rotatable bonds is 4. The molecule has 5 nitrogen and oxygen atoms in total. The van der Waals surface area contributed by atoms with Crippen LogP contribution in [0.15, 0.2) is 47.5 Å². The normalized spacial score (nSPS) is 10.7. The van der Waals surface area contributed by atoms with Crippen LogP contribution in [0.2, 0.25) is 0 Å². The number of pyridine rings is 1. The van der Waals surface area contributed by atoms with Gasteiger partial charge in [-0.25, -0.2) is 4.98 Å². The Hall–Kier alpha value is -2.56. The number of H-pyrrole nitrogens is 2. The molecular formula is C14H14N4O. The number of hydrogen-bond acceptors (Lipinski definition) is 3. The Balaban J connectivity index is 1.76. The lowest BCUT2D eigenvalue weighted by Crippen LogP contribution is -2.13. The molecule has 1 aromatic carbocycles. The van der Waals surface area contributed by atoms with E-state index >= 15 is 0 Å². The predicted octanol–water partition coefficient (Wildman–Crippen LogP) is 1.91. The number of hydrogen-bond donors (Lipinski definition) is 3. The molecule has 0 amide bonds. The minimum Gasteiger partial charge on any atom is -0.371 e. The third-order valence-corrected chi connectivity index (χ3v) is 2.99. The molecule has 3 N–H and O–H groups in total. The average Bonchev–Trinajstić information content (AvgIpc) is 2.92. The van der Waals surface area contributed by atoms with Crippen LogP contribution in [0, 0.1) is 0 Å². The molecule has 19 heavy (non-hydrogen) atoms. The smallest absolute Gasteiger partial charge is 0.257 e. The van der Waals surface area contributed by atoms with E-state index in [1.54, 1.807) is 12.4 Å². The topological polar surface area (TPSA) is 73.6 Å². The van der Waals surface area contributed by atoms with Crippen molar-refractivity contribution in [2.24, 2.45) is 0 Å². The van der Waals surface area contributed by atoms with Crippen LogP contribution in [0.25, 0.3) is 10.8 Å². The van der Waals surface area contributed by atoms with Gasteiger partial charge < -0.3 is 15.3 Å². The Morgan fingerprint density at radius 2 is 2.16 bits per heavy atom. The summed E-state index contributed by atoms with van der Waals surface area (Å²) in [6.45, 7) is 0.710. The quantitative estimate of drug-likeness (QED) is 0.665. The minimum absolute atomic E-state index is 0.0707. The maximum Gasteiger partial charge on any atom is 0.257 e. The highest BCUT2D eigenvalue weighted by molar-refractivity contribution is 5.83. The number of fused-ring (bicyclic) bond motifs is 1. The molecule has 0 atom stereocenters. The number of aromatic nitrogens is 3. The fraction of sp³-hybridized carbons (Fsp3) is 0.143. The molecule has 2 heterocycles. The molecule has 5 heteroatoms. The molecule has 0 saturated heterocycles. The Bertz CT molecular complexity index is 731. The van der Waals surface area contributed by atoms with Crippen molar-refractivity contribution in [3.05, 3.63) is 58.9 Å². The summed E-state index contributed by atoms with van der Waals surface area (Å²) in [5, 5.41) is 4.84. The van der Waals surface area contributed by atoms with Gasteiger partial charge in [0.05, 0.1) is 0 Å². The first-order chi connectivity index (χ1) is 9.33. The van der Waals surface area contributed by atoms with Gasteiger partial charge in [-0.05, 0) is 17.5 Å². The number of nitrogens with one attached hydrogen (secondary N) is 3. The van der Waals surface area contributed by atoms with Crippen molar-refractivity contribution in [3.8, 4) is 0 Å². The third kappa shape index (κ3) is 2.49. The van der Waals surface area contributed by atoms with Gasteiger partial charge >= 0.3 is 0 Å². The van der Waals surface area contributed by atoms with Crippen LogP contribution in [0.4, 0.5) is 5.82 Å². The van der Waals surface area contributed by atoms with E-state index in [0.29, 0.717) is 11.9 Å². The van der Waals surface area contributed by atoms with Crippen LogP contribution in [-0.4, -0.2) is 21.5 Å². The van der Waals surface area contributed by atoms with E-state index in [1.807, 2.05) is 30.3 Å². The van der Waals surface area contributed by atoms with Crippen molar-refractivity contribution in [2.45, 2.75) is 6.42 Å². The standard InChI is InChI=1S/C14H14N4O/c19-14-11-4-2-1-3-10(11)9-13(18-14)15-6-5-12-16-7-8-17-12/h1-4,7-9H,5-6H2,(H,16,17)(H2,15,18,19). The Morgan fingerprint density at radius 1 is 1.26 bits per heavy atom. The highest BCUT2D eigenvalue weighted by Gasteiger charge is 2.01. The number of imidazole rings is 1. The summed E-state index contributed by atoms with van der Waals surface area (Å²) in [5.74, 6) is 1.66. The molecule has 0 aliphatic rings. The monoisotopic (exact) mass is 254 g/mol. The summed E-state index contributed by atoms with van der Waals surface area (Å²) >= 11 is 0. The van der Waals surface area contributed by atoms with Gasteiger partial charge in [-0.3, -0.25) is 4.79 Å². The van der Waals surface area contributed by atoms with Gasteiger partial charge in [0, 0.05) is 30.7 Å². The first kappa shape index (κ1) is 11.5. The highest BCUT2D eigenvalue weighted by Crippen LogP contribution is 2.12. The highest BCUT2D eigenvalue weighted by atomic mass is 16.1. The molecule has 0 unspecified atom stereocenters. The summed E-state index contributed by atoms with van der Waals surface area (Å²) in [6, 6.07) is 9.48. The molecule has 0 aliphatic heterocycles. The van der Waals surface area contributed by atoms with E-state index in [0.717, 1.165) is 23.4 Å². The molecule has 0 saturated carbocycles. The molecular weight excluding hydrogens is 240 g/mol. The van der Waals surface area contributed by atoms with Gasteiger partial charge in [0.1, 0.15) is 11.6 Å². The van der Waals surface area contributed by atoms with Gasteiger partial charge in [-0.2, -0.15) is 0 Å². The zero-order chi connectivity index (χ0) is 13.1. The minimum atomic E-state index is -0.0707. The number of benzene rings is 1. The van der Waals surface area contributed by atoms with Gasteiger partial charge in [0.2, 0.25) is 0 Å². The summed E-state index contributed by atoms with van der Waals surface area (Å²) < 4.78 is 0. The van der Waals surface area contributed by atoms with Crippen LogP contribution in [0.5, 0.6) is 0 Å². The van der Waals surface area contributed by atoms with E-state index in [4.69, 9.17) is 0 Å². The van der Waals surface area contributed by atoms with Crippen LogP contribution in [0.1, 0.15) is 5.82 Å². The van der Waals surface area contributed by atoms with Gasteiger partial charge in [0.25, 0.3) is 5.56 Å². The molecule has 0 fully saturated rings. The summed E-state index contributed by atoms with van der Waals surface area (Å²) in [4.78, 5) is 21.9. The van der Waals surface area contributed by atoms with Gasteiger partial charge in [-0.15, -0.1) is 0 Å². The Kier molecular flexibility index (Phi) is 3.02. The second-order valence-corrected chi connectivity index (χ2v) is 4.31. The number of nitrogens with zero attached hydrogens (tertiary/aromatic N) is 1. The van der Waals surface area contributed by atoms with Crippen molar-refractivity contribution in [3.63, 3.8) is 0 Å². The molecule has 0 spiro atoms. The molecule has 3 aromatic rings. The van der Waals surface area contributed by atoms with Crippen molar-refractivity contribution in [1.29, 1.82) is 0 Å². The number of anilines is 1. The lowest BCUT2D eigenvalue weighted by Gasteiger charge is -2.06. The van der Waals surface area contributed by atoms with E-state index < -0.39 is 0 Å². The van der Waals surface area contributed by atoms with Crippen molar-refractivity contribution >= 4 is 16.6 Å². The largest absolute Gasteiger partial charge is 0.371 e. The SMILES string of the molecule is O=c1[nH]c(NCCc2ncc[nH]2)cc2ccccc12. The second-order valence-electron chi connectivity index (χ2n) is 4.31. The molecule has 3 rings (SSSR count). The third-order valence-electron chi connectivity index (χ3n) is 2.99. The fourth-order valence-electron chi connectivity index (χ4n) is 2.06. The first-order valence-corrected chi connectivity index (χ1v) is 6.17. The van der Waals surface area contributed by atoms with Gasteiger partial charge in [-0.1, -0.05) is 18.2 Å². The van der Waals surface area contributed by atoms with E-state index in [-0.39, 0.29) is 5.56 Å². The van der Waals surface area contributed by atoms with E-state index in [2.05, 4.69) is 20.3 Å². The van der Waals surface area contributed by atoms with E-state index in [9.17, 15) is 4.79 Å². The maximum atomic E-state index is 11.9. The lowest BCUT2D eigenvalue weighted by atomic mass is 10.2. The second kappa shape index (κ2) is 4.97. The fourth-order valence-corrected chi connectivity index (χ4v) is 2.06. The number of aromatic amines is 2. The molecule has 0 aliphatic carbocycles. The van der Waals surface area contributed by atoms with Gasteiger partial charge in [0.15, 0.2) is 0 Å². The van der Waals surface area contributed by atoms with Crippen LogP contribution in [-0.2, 0) is 6.42 Å². The summed E-state index contributed by atoms with van der Waals surface area (Å²) in [5.41, 5.74) is -0.0707. The van der Waals surface area contributed by atoms with Crippen molar-refractivity contribution in [2.75, 3.05) is 11.9 Å². The van der Waals surface area contributed by atoms with Crippen molar-refractivity contribution < 1.29 is 0 Å². The Morgan fingerprint density at radius 3 is 3.00 bits per heavy atom. The summed E-state index contributed by atoms with van der Waals surface area (Å²) in [6.07, 6.45) is 4.31. The lowest BCUT2D eigenvalue weighted by molar-refractivity contribution is 0.921. The van der Waals surface area contributed by atoms with E-state index in [1.165, 1.54) is 0 Å². The molecule has 0 bridgehead atoms. The molecule has 2 aromatic heterocycles. The van der Waals surface area contributed by atoms with Crippen LogP contribution < -0.4 is 10.9 Å². The zero-order valence-corrected chi connectivity index (χ0v) is 10.3. The zero-order valence-electron chi connectivity index (χ0n) is 10.3. The molecule has 96 valence electrons. The summed E-state index contributed by atoms with van der Waals surface area (Å²) in [7, 11) is 0. The van der Waals surface area contributed by atoms with Crippen LogP contribution >= 0.6 is 0 Å². The average molecular weight is 254 g/mol. The first-order valence-electron chi connectivity index (χ1n) is 6.17. The maximum absolute atomic E-state index is 11.9. The molecule has 0 radical (unpaired) electrons. The van der Waals surface area contributed by atoms with Crippen LogP contribution in [0.3, 0.4) is 0 Å². The predicted molar refractivity (Wildman–Crippen MR) is 75.4 cm³/mol. The van der Waals surface area contributed by atoms with Crippen molar-refractivity contribution in [1.82, 2.24) is 15.0 Å².